The molecule has 1 aliphatic rings. The van der Waals surface area contributed by atoms with Crippen molar-refractivity contribution in [1.82, 2.24) is 9.88 Å². The summed E-state index contributed by atoms with van der Waals surface area (Å²) < 4.78 is 7.97. The Morgan fingerprint density at radius 1 is 1.20 bits per heavy atom. The van der Waals surface area contributed by atoms with Crippen LogP contribution in [0.5, 0.6) is 0 Å². The van der Waals surface area contributed by atoms with Gasteiger partial charge in [0.1, 0.15) is 0 Å². The number of nitrogens with one attached hydrogen (secondary N) is 2. The number of aryl methyl sites for hydroxylation is 1. The van der Waals surface area contributed by atoms with Crippen molar-refractivity contribution in [2.24, 2.45) is 0 Å². The van der Waals surface area contributed by atoms with Gasteiger partial charge in [0, 0.05) is 47.2 Å². The number of hydrogen-bond donors (Lipinski definition) is 2. The Labute approximate surface area is 153 Å². The topological polar surface area (TPSA) is 38.2 Å². The number of nitrogens with zero attached hydrogens (tertiary/aromatic N) is 1. The normalized spacial score (nSPS) is 17.2. The summed E-state index contributed by atoms with van der Waals surface area (Å²) >= 11 is 5.43. The fourth-order valence-electron chi connectivity index (χ4n) is 3.66. The maximum Gasteiger partial charge on any atom is 0.170 e. The molecular formula is C20H23N3OS. The van der Waals surface area contributed by atoms with E-state index < -0.39 is 0 Å². The first-order chi connectivity index (χ1) is 12.3. The van der Waals surface area contributed by atoms with Crippen LogP contribution in [0.2, 0.25) is 0 Å². The van der Waals surface area contributed by atoms with Gasteiger partial charge in [-0.15, -0.1) is 0 Å². The van der Waals surface area contributed by atoms with Crippen molar-refractivity contribution in [2.75, 3.05) is 18.5 Å². The van der Waals surface area contributed by atoms with Crippen LogP contribution in [0.15, 0.2) is 42.5 Å². The van der Waals surface area contributed by atoms with Gasteiger partial charge in [0.2, 0.25) is 0 Å². The number of para-hydroxylation sites is 1. The smallest absolute Gasteiger partial charge is 0.170 e. The van der Waals surface area contributed by atoms with E-state index in [0.717, 1.165) is 38.2 Å². The summed E-state index contributed by atoms with van der Waals surface area (Å²) in [5.41, 5.74) is 3.54. The number of benzene rings is 2. The molecule has 0 amide bonds. The molecule has 5 heteroatoms. The molecule has 0 aliphatic carbocycles. The Hall–Kier alpha value is -2.11. The van der Waals surface area contributed by atoms with Crippen molar-refractivity contribution in [3.05, 3.63) is 42.5 Å². The summed E-state index contributed by atoms with van der Waals surface area (Å²) in [5, 5.41) is 9.75. The highest BCUT2D eigenvalue weighted by Crippen LogP contribution is 2.30. The van der Waals surface area contributed by atoms with Gasteiger partial charge >= 0.3 is 0 Å². The number of rotatable bonds is 4. The number of thiocarbonyl (C=S) groups is 1. The predicted molar refractivity (Wildman–Crippen MR) is 108 cm³/mol. The van der Waals surface area contributed by atoms with E-state index in [9.17, 15) is 0 Å². The summed E-state index contributed by atoms with van der Waals surface area (Å²) in [4.78, 5) is 0. The maximum absolute atomic E-state index is 5.62. The van der Waals surface area contributed by atoms with Crippen LogP contribution in [0, 0.1) is 0 Å². The third-order valence-electron chi connectivity index (χ3n) is 4.86. The number of hydrogen-bond acceptors (Lipinski definition) is 2. The Morgan fingerprint density at radius 2 is 2.04 bits per heavy atom. The fraction of sp³-hybridized carbons (Fsp3) is 0.350. The van der Waals surface area contributed by atoms with Crippen LogP contribution in [-0.2, 0) is 11.3 Å². The van der Waals surface area contributed by atoms with Gasteiger partial charge in [0.25, 0.3) is 0 Å². The van der Waals surface area contributed by atoms with Crippen LogP contribution in [-0.4, -0.2) is 28.9 Å². The molecule has 1 aliphatic heterocycles. The van der Waals surface area contributed by atoms with Gasteiger partial charge in [-0.2, -0.15) is 0 Å². The van der Waals surface area contributed by atoms with Gasteiger partial charge in [-0.3, -0.25) is 0 Å². The van der Waals surface area contributed by atoms with Gasteiger partial charge in [0.05, 0.1) is 6.10 Å². The minimum Gasteiger partial charge on any atom is -0.376 e. The minimum atomic E-state index is 0.282. The lowest BCUT2D eigenvalue weighted by molar-refractivity contribution is 0.114. The Bertz CT molecular complexity index is 912. The molecular weight excluding hydrogens is 330 g/mol. The second kappa shape index (κ2) is 7.02. The molecule has 0 radical (unpaired) electrons. The van der Waals surface area contributed by atoms with Gasteiger partial charge in [-0.25, -0.2) is 0 Å². The molecule has 130 valence electrons. The zero-order valence-corrected chi connectivity index (χ0v) is 15.2. The van der Waals surface area contributed by atoms with Crippen LogP contribution in [0.3, 0.4) is 0 Å². The Kier molecular flexibility index (Phi) is 4.59. The van der Waals surface area contributed by atoms with E-state index in [4.69, 9.17) is 17.0 Å². The summed E-state index contributed by atoms with van der Waals surface area (Å²) in [6.07, 6.45) is 2.53. The summed E-state index contributed by atoms with van der Waals surface area (Å²) in [6.45, 7) is 4.77. The molecule has 1 fully saturated rings. The summed E-state index contributed by atoms with van der Waals surface area (Å²) in [6, 6.07) is 15.0. The molecule has 1 atom stereocenters. The monoisotopic (exact) mass is 353 g/mol. The van der Waals surface area contributed by atoms with Gasteiger partial charge in [0.15, 0.2) is 5.11 Å². The molecule has 1 aromatic heterocycles. The molecule has 2 heterocycles. The van der Waals surface area contributed by atoms with Crippen LogP contribution in [0.4, 0.5) is 5.69 Å². The molecule has 1 unspecified atom stereocenters. The first-order valence-electron chi connectivity index (χ1n) is 8.93. The number of anilines is 1. The van der Waals surface area contributed by atoms with Crippen molar-refractivity contribution < 1.29 is 4.74 Å². The second-order valence-electron chi connectivity index (χ2n) is 6.46. The van der Waals surface area contributed by atoms with Crippen LogP contribution in [0.1, 0.15) is 19.8 Å². The zero-order valence-electron chi connectivity index (χ0n) is 14.4. The van der Waals surface area contributed by atoms with Crippen molar-refractivity contribution in [2.45, 2.75) is 32.4 Å². The van der Waals surface area contributed by atoms with E-state index in [1.54, 1.807) is 0 Å². The highest BCUT2D eigenvalue weighted by atomic mass is 32.1. The molecule has 0 bridgehead atoms. The molecule has 0 spiro atoms. The lowest BCUT2D eigenvalue weighted by Gasteiger charge is -2.14. The van der Waals surface area contributed by atoms with Gasteiger partial charge in [-0.05, 0) is 56.2 Å². The molecule has 0 saturated carbocycles. The van der Waals surface area contributed by atoms with E-state index >= 15 is 0 Å². The van der Waals surface area contributed by atoms with E-state index in [2.05, 4.69) is 64.6 Å². The fourth-order valence-corrected chi connectivity index (χ4v) is 3.86. The van der Waals surface area contributed by atoms with Crippen LogP contribution < -0.4 is 10.6 Å². The highest BCUT2D eigenvalue weighted by molar-refractivity contribution is 7.80. The Balaban J connectivity index is 1.56. The molecule has 2 aromatic carbocycles. The summed E-state index contributed by atoms with van der Waals surface area (Å²) in [7, 11) is 0. The quantitative estimate of drug-likeness (QED) is 0.687. The molecule has 2 N–H and O–H groups in total. The van der Waals surface area contributed by atoms with Gasteiger partial charge in [-0.1, -0.05) is 18.2 Å². The Morgan fingerprint density at radius 3 is 2.84 bits per heavy atom. The third-order valence-corrected chi connectivity index (χ3v) is 5.11. The van der Waals surface area contributed by atoms with Crippen molar-refractivity contribution in [3.63, 3.8) is 0 Å². The second-order valence-corrected chi connectivity index (χ2v) is 6.87. The molecule has 3 aromatic rings. The molecule has 1 saturated heterocycles. The van der Waals surface area contributed by atoms with Crippen LogP contribution >= 0.6 is 12.2 Å². The van der Waals surface area contributed by atoms with Crippen LogP contribution in [0.25, 0.3) is 21.8 Å². The van der Waals surface area contributed by atoms with E-state index in [1.165, 1.54) is 21.8 Å². The number of fused-ring (bicyclic) bond motifs is 3. The largest absolute Gasteiger partial charge is 0.376 e. The lowest BCUT2D eigenvalue weighted by Crippen LogP contribution is -2.34. The number of aromatic nitrogens is 1. The zero-order chi connectivity index (χ0) is 17.2. The van der Waals surface area contributed by atoms with Crippen molar-refractivity contribution in [1.29, 1.82) is 0 Å². The van der Waals surface area contributed by atoms with Gasteiger partial charge < -0.3 is 19.9 Å². The summed E-state index contributed by atoms with van der Waals surface area (Å²) in [5.74, 6) is 0. The van der Waals surface area contributed by atoms with E-state index in [-0.39, 0.29) is 6.10 Å². The van der Waals surface area contributed by atoms with Crippen molar-refractivity contribution in [3.8, 4) is 0 Å². The number of ether oxygens (including phenoxy) is 1. The average molecular weight is 353 g/mol. The maximum atomic E-state index is 5.62. The molecule has 4 nitrogen and oxygen atoms in total. The lowest BCUT2D eigenvalue weighted by atomic mass is 10.1. The predicted octanol–water partition coefficient (Wildman–Crippen LogP) is 4.28. The molecule has 25 heavy (non-hydrogen) atoms. The highest BCUT2D eigenvalue weighted by Gasteiger charge is 2.15. The minimum absolute atomic E-state index is 0.282. The van der Waals surface area contributed by atoms with E-state index in [0.29, 0.717) is 5.11 Å². The molecule has 4 rings (SSSR count). The average Bonchev–Trinajstić information content (AvgIpc) is 3.25. The first kappa shape index (κ1) is 16.4. The first-order valence-corrected chi connectivity index (χ1v) is 9.34. The third kappa shape index (κ3) is 3.22. The standard InChI is InChI=1S/C20H23N3OS/c1-2-23-18-8-4-3-7-16(18)17-12-14(9-10-19(17)23)22-20(25)21-13-15-6-5-11-24-15/h3-4,7-10,12,15H,2,5-6,11,13H2,1H3,(H2,21,22,25). The van der Waals surface area contributed by atoms with Crippen molar-refractivity contribution >= 4 is 44.8 Å². The SMILES string of the molecule is CCn1c2ccccc2c2cc(NC(=S)NCC3CCCO3)ccc21. The van der Waals surface area contributed by atoms with E-state index in [1.807, 2.05) is 0 Å².